The van der Waals surface area contributed by atoms with E-state index in [2.05, 4.69) is 5.32 Å². The fourth-order valence-electron chi connectivity index (χ4n) is 2.82. The number of benzene rings is 1. The molecule has 1 saturated heterocycles. The molecule has 1 aliphatic heterocycles. The summed E-state index contributed by atoms with van der Waals surface area (Å²) >= 11 is 0. The SMILES string of the molecule is Cc1ccc(CCC(=O)NCC(=O)N2CCC[C@@H](C(N)=O)C2)cc1. The number of carbonyl (C=O) groups is 3. The van der Waals surface area contributed by atoms with Gasteiger partial charge in [0, 0.05) is 19.5 Å². The second-order valence-corrected chi connectivity index (χ2v) is 6.34. The maximum absolute atomic E-state index is 12.1. The van der Waals surface area contributed by atoms with Crippen molar-refractivity contribution in [2.75, 3.05) is 19.6 Å². The molecule has 3 N–H and O–H groups in total. The summed E-state index contributed by atoms with van der Waals surface area (Å²) in [7, 11) is 0. The summed E-state index contributed by atoms with van der Waals surface area (Å²) in [5.41, 5.74) is 7.59. The molecule has 24 heavy (non-hydrogen) atoms. The van der Waals surface area contributed by atoms with Crippen molar-refractivity contribution >= 4 is 17.7 Å². The molecule has 1 aliphatic rings. The zero-order chi connectivity index (χ0) is 17.5. The van der Waals surface area contributed by atoms with E-state index in [1.165, 1.54) is 5.56 Å². The molecule has 0 spiro atoms. The lowest BCUT2D eigenvalue weighted by molar-refractivity contribution is -0.136. The van der Waals surface area contributed by atoms with Crippen LogP contribution in [0.5, 0.6) is 0 Å². The monoisotopic (exact) mass is 331 g/mol. The van der Waals surface area contributed by atoms with Crippen molar-refractivity contribution in [3.8, 4) is 0 Å². The number of nitrogens with zero attached hydrogens (tertiary/aromatic N) is 1. The van der Waals surface area contributed by atoms with Gasteiger partial charge in [0.2, 0.25) is 17.7 Å². The zero-order valence-electron chi connectivity index (χ0n) is 14.1. The lowest BCUT2D eigenvalue weighted by Gasteiger charge is -2.31. The first-order valence-corrected chi connectivity index (χ1v) is 8.35. The van der Waals surface area contributed by atoms with Gasteiger partial charge in [0.1, 0.15) is 0 Å². The molecule has 0 unspecified atom stereocenters. The molecular weight excluding hydrogens is 306 g/mol. The third kappa shape index (κ3) is 5.37. The first-order chi connectivity index (χ1) is 11.5. The summed E-state index contributed by atoms with van der Waals surface area (Å²) < 4.78 is 0. The molecule has 0 bridgehead atoms. The van der Waals surface area contributed by atoms with Gasteiger partial charge in [0.15, 0.2) is 0 Å². The Labute approximate surface area is 142 Å². The molecule has 0 saturated carbocycles. The van der Waals surface area contributed by atoms with E-state index in [1.54, 1.807) is 4.90 Å². The van der Waals surface area contributed by atoms with Crippen molar-refractivity contribution < 1.29 is 14.4 Å². The standard InChI is InChI=1S/C18H25N3O3/c1-13-4-6-14(7-5-13)8-9-16(22)20-11-17(23)21-10-2-3-15(12-21)18(19)24/h4-7,15H,2-3,8-12H2,1H3,(H2,19,24)(H,20,22)/t15-/m1/s1. The Morgan fingerprint density at radius 3 is 2.62 bits per heavy atom. The first-order valence-electron chi connectivity index (χ1n) is 8.35. The second kappa shape index (κ2) is 8.47. The van der Waals surface area contributed by atoms with Crippen molar-refractivity contribution in [1.29, 1.82) is 0 Å². The van der Waals surface area contributed by atoms with Gasteiger partial charge in [-0.1, -0.05) is 29.8 Å². The van der Waals surface area contributed by atoms with Gasteiger partial charge in [-0.2, -0.15) is 0 Å². The summed E-state index contributed by atoms with van der Waals surface area (Å²) in [5.74, 6) is -0.952. The lowest BCUT2D eigenvalue weighted by Crippen LogP contribution is -2.47. The van der Waals surface area contributed by atoms with Gasteiger partial charge in [0.05, 0.1) is 12.5 Å². The average Bonchev–Trinajstić information content (AvgIpc) is 2.59. The number of carbonyl (C=O) groups excluding carboxylic acids is 3. The summed E-state index contributed by atoms with van der Waals surface area (Å²) in [4.78, 5) is 36.9. The van der Waals surface area contributed by atoms with E-state index in [4.69, 9.17) is 5.73 Å². The van der Waals surface area contributed by atoms with Crippen LogP contribution in [0.1, 0.15) is 30.4 Å². The van der Waals surface area contributed by atoms with E-state index in [0.29, 0.717) is 25.9 Å². The number of hydrogen-bond acceptors (Lipinski definition) is 3. The topological polar surface area (TPSA) is 92.5 Å². The van der Waals surface area contributed by atoms with Crippen molar-refractivity contribution in [2.24, 2.45) is 11.7 Å². The highest BCUT2D eigenvalue weighted by atomic mass is 16.2. The molecule has 1 fully saturated rings. The number of amides is 3. The van der Waals surface area contributed by atoms with Crippen molar-refractivity contribution in [1.82, 2.24) is 10.2 Å². The van der Waals surface area contributed by atoms with Crippen LogP contribution in [0.2, 0.25) is 0 Å². The van der Waals surface area contributed by atoms with Crippen LogP contribution in [0.25, 0.3) is 0 Å². The second-order valence-electron chi connectivity index (χ2n) is 6.34. The molecule has 130 valence electrons. The molecule has 1 aromatic rings. The normalized spacial score (nSPS) is 17.4. The highest BCUT2D eigenvalue weighted by Gasteiger charge is 2.26. The van der Waals surface area contributed by atoms with Gasteiger partial charge in [0.25, 0.3) is 0 Å². The minimum absolute atomic E-state index is 0.0296. The molecule has 0 aliphatic carbocycles. The van der Waals surface area contributed by atoms with Crippen LogP contribution in [-0.4, -0.2) is 42.3 Å². The number of rotatable bonds is 6. The maximum atomic E-state index is 12.1. The van der Waals surface area contributed by atoms with Crippen LogP contribution in [-0.2, 0) is 20.8 Å². The molecule has 1 atom stereocenters. The van der Waals surface area contributed by atoms with Gasteiger partial charge >= 0.3 is 0 Å². The number of piperidine rings is 1. The van der Waals surface area contributed by atoms with Crippen LogP contribution in [0.3, 0.4) is 0 Å². The predicted molar refractivity (Wildman–Crippen MR) is 91.0 cm³/mol. The third-order valence-corrected chi connectivity index (χ3v) is 4.37. The largest absolute Gasteiger partial charge is 0.369 e. The van der Waals surface area contributed by atoms with E-state index < -0.39 is 0 Å². The van der Waals surface area contributed by atoms with E-state index >= 15 is 0 Å². The van der Waals surface area contributed by atoms with Gasteiger partial charge in [-0.15, -0.1) is 0 Å². The fourth-order valence-corrected chi connectivity index (χ4v) is 2.82. The molecule has 6 nitrogen and oxygen atoms in total. The number of nitrogens with two attached hydrogens (primary N) is 1. The minimum Gasteiger partial charge on any atom is -0.369 e. The highest BCUT2D eigenvalue weighted by Crippen LogP contribution is 2.15. The third-order valence-electron chi connectivity index (χ3n) is 4.37. The van der Waals surface area contributed by atoms with E-state index in [-0.39, 0.29) is 30.2 Å². The van der Waals surface area contributed by atoms with Gasteiger partial charge in [-0.05, 0) is 31.7 Å². The summed E-state index contributed by atoms with van der Waals surface area (Å²) in [5, 5.41) is 2.66. The first kappa shape index (κ1) is 18.0. The van der Waals surface area contributed by atoms with Crippen molar-refractivity contribution in [3.05, 3.63) is 35.4 Å². The maximum Gasteiger partial charge on any atom is 0.241 e. The fraction of sp³-hybridized carbons (Fsp3) is 0.500. The molecule has 0 aromatic heterocycles. The van der Waals surface area contributed by atoms with Crippen LogP contribution >= 0.6 is 0 Å². The van der Waals surface area contributed by atoms with Crippen molar-refractivity contribution in [3.63, 3.8) is 0 Å². The van der Waals surface area contributed by atoms with Gasteiger partial charge in [-0.25, -0.2) is 0 Å². The quantitative estimate of drug-likeness (QED) is 0.806. The molecular formula is C18H25N3O3. The predicted octanol–water partition coefficient (Wildman–Crippen LogP) is 0.768. The number of primary amides is 1. The molecule has 2 rings (SSSR count). The molecule has 6 heteroatoms. The van der Waals surface area contributed by atoms with Crippen molar-refractivity contribution in [2.45, 2.75) is 32.6 Å². The average molecular weight is 331 g/mol. The van der Waals surface area contributed by atoms with E-state index in [9.17, 15) is 14.4 Å². The molecule has 0 radical (unpaired) electrons. The van der Waals surface area contributed by atoms with Crippen LogP contribution in [0.4, 0.5) is 0 Å². The number of nitrogens with one attached hydrogen (secondary N) is 1. The molecule has 1 aromatic carbocycles. The van der Waals surface area contributed by atoms with E-state index in [1.807, 2.05) is 31.2 Å². The van der Waals surface area contributed by atoms with Gasteiger partial charge in [-0.3, -0.25) is 14.4 Å². The number of aryl methyl sites for hydroxylation is 2. The summed E-state index contributed by atoms with van der Waals surface area (Å²) in [6.07, 6.45) is 2.48. The van der Waals surface area contributed by atoms with Crippen LogP contribution in [0.15, 0.2) is 24.3 Å². The molecule has 1 heterocycles. The Bertz CT molecular complexity index is 598. The van der Waals surface area contributed by atoms with Crippen LogP contribution < -0.4 is 11.1 Å². The highest BCUT2D eigenvalue weighted by molar-refractivity contribution is 5.85. The molecule has 3 amide bonds. The van der Waals surface area contributed by atoms with Gasteiger partial charge < -0.3 is 16.0 Å². The summed E-state index contributed by atoms with van der Waals surface area (Å²) in [6.45, 7) is 2.96. The lowest BCUT2D eigenvalue weighted by atomic mass is 9.97. The Morgan fingerprint density at radius 1 is 1.25 bits per heavy atom. The minimum atomic E-state index is -0.366. The van der Waals surface area contributed by atoms with Crippen LogP contribution in [0, 0.1) is 12.8 Å². The Hall–Kier alpha value is -2.37. The number of likely N-dealkylation sites (tertiary alicyclic amines) is 1. The zero-order valence-corrected chi connectivity index (χ0v) is 14.1. The smallest absolute Gasteiger partial charge is 0.241 e. The number of hydrogen-bond donors (Lipinski definition) is 2. The Morgan fingerprint density at radius 2 is 1.96 bits per heavy atom. The summed E-state index contributed by atoms with van der Waals surface area (Å²) in [6, 6.07) is 8.04. The Kier molecular flexibility index (Phi) is 6.35. The van der Waals surface area contributed by atoms with E-state index in [0.717, 1.165) is 18.4 Å². The Balaban J connectivity index is 1.71.